The molecule has 0 amide bonds. The van der Waals surface area contributed by atoms with Crippen LogP contribution in [-0.2, 0) is 14.3 Å². The molecule has 0 bridgehead atoms. The van der Waals surface area contributed by atoms with Crippen molar-refractivity contribution in [2.75, 3.05) is 0 Å². The Morgan fingerprint density at radius 2 is 0.812 bits per heavy atom. The van der Waals surface area contributed by atoms with Gasteiger partial charge in [-0.25, -0.2) is 4.79 Å². The molecule has 0 N–H and O–H groups in total. The highest BCUT2D eigenvalue weighted by molar-refractivity contribution is 5.89. The summed E-state index contributed by atoms with van der Waals surface area (Å²) in [5, 5.41) is 0. The van der Waals surface area contributed by atoms with Crippen LogP contribution in [0.15, 0.2) is 24.3 Å². The Balaban J connectivity index is 0.000000206. The van der Waals surface area contributed by atoms with E-state index in [0.29, 0.717) is 5.56 Å². The van der Waals surface area contributed by atoms with Gasteiger partial charge in [0, 0.05) is 0 Å². The second-order valence-corrected chi connectivity index (χ2v) is 16.8. The van der Waals surface area contributed by atoms with Gasteiger partial charge in [0.25, 0.3) is 0 Å². The molecule has 5 fully saturated rings. The molecule has 4 nitrogen and oxygen atoms in total. The minimum atomic E-state index is -0.153. The van der Waals surface area contributed by atoms with Crippen LogP contribution in [0.1, 0.15) is 179 Å². The molecule has 48 heavy (non-hydrogen) atoms. The molecule has 0 aliphatic heterocycles. The van der Waals surface area contributed by atoms with Crippen molar-refractivity contribution in [3.8, 4) is 0 Å². The van der Waals surface area contributed by atoms with Crippen LogP contribution in [0.25, 0.3) is 0 Å². The third-order valence-electron chi connectivity index (χ3n) is 13.1. The van der Waals surface area contributed by atoms with Crippen LogP contribution in [-0.4, -0.2) is 24.1 Å². The minimum Gasteiger partial charge on any atom is -0.462 e. The molecule has 5 aliphatic rings. The number of rotatable bonds is 6. The maximum Gasteiger partial charge on any atom is 0.338 e. The highest BCUT2D eigenvalue weighted by Crippen LogP contribution is 2.42. The second-order valence-electron chi connectivity index (χ2n) is 16.8. The fraction of sp³-hybridized carbons (Fsp3) is 0.818. The highest BCUT2D eigenvalue weighted by Gasteiger charge is 2.34. The van der Waals surface area contributed by atoms with Crippen LogP contribution in [0.3, 0.4) is 0 Å². The van der Waals surface area contributed by atoms with Crippen molar-refractivity contribution in [2.24, 2.45) is 47.3 Å². The van der Waals surface area contributed by atoms with Crippen molar-refractivity contribution >= 4 is 11.9 Å². The smallest absolute Gasteiger partial charge is 0.338 e. The molecule has 0 saturated heterocycles. The summed E-state index contributed by atoms with van der Waals surface area (Å²) < 4.78 is 11.6. The summed E-state index contributed by atoms with van der Waals surface area (Å²) in [6.07, 6.45) is 25.6. The monoisotopic (exact) mass is 665 g/mol. The molecule has 1 aromatic rings. The standard InChI is InChI=1S/C21H36O2.C21H30O2.C2H6/c2*1-15-3-7-17(8-4-15)18-11-13-20(14-12-18)23-21(22)19-9-5-16(2)6-10-19;1-2/h15-20H,3-14H2,1-2H3;5-6,9-10,15,17-18,20H,3-4,7-8,11-14H2,1-2H3;1-2H3. The van der Waals surface area contributed by atoms with E-state index in [4.69, 9.17) is 9.47 Å². The Labute approximate surface area is 295 Å². The molecule has 4 heteroatoms. The Morgan fingerprint density at radius 1 is 0.479 bits per heavy atom. The summed E-state index contributed by atoms with van der Waals surface area (Å²) in [5.41, 5.74) is 1.85. The maximum atomic E-state index is 12.4. The summed E-state index contributed by atoms with van der Waals surface area (Å²) >= 11 is 0. The van der Waals surface area contributed by atoms with Crippen molar-refractivity contribution in [3.05, 3.63) is 35.4 Å². The molecule has 0 spiro atoms. The number of hydrogen-bond donors (Lipinski definition) is 0. The number of benzene rings is 1. The fourth-order valence-corrected chi connectivity index (χ4v) is 9.54. The lowest BCUT2D eigenvalue weighted by Crippen LogP contribution is -2.32. The molecule has 0 heterocycles. The van der Waals surface area contributed by atoms with E-state index in [1.807, 2.05) is 45.0 Å². The zero-order chi connectivity index (χ0) is 34.5. The van der Waals surface area contributed by atoms with E-state index in [-0.39, 0.29) is 30.1 Å². The predicted octanol–water partition coefficient (Wildman–Crippen LogP) is 12.3. The third-order valence-corrected chi connectivity index (χ3v) is 13.1. The molecule has 0 aromatic heterocycles. The number of carbonyl (C=O) groups excluding carboxylic acids is 2. The molecule has 6 rings (SSSR count). The van der Waals surface area contributed by atoms with Crippen LogP contribution < -0.4 is 0 Å². The van der Waals surface area contributed by atoms with Gasteiger partial charge >= 0.3 is 11.9 Å². The van der Waals surface area contributed by atoms with Crippen LogP contribution in [0.4, 0.5) is 0 Å². The van der Waals surface area contributed by atoms with Gasteiger partial charge in [-0.15, -0.1) is 0 Å². The van der Waals surface area contributed by atoms with Gasteiger partial charge in [0.05, 0.1) is 11.5 Å². The lowest BCUT2D eigenvalue weighted by Gasteiger charge is -2.37. The van der Waals surface area contributed by atoms with E-state index in [0.717, 1.165) is 80.0 Å². The summed E-state index contributed by atoms with van der Waals surface area (Å²) in [4.78, 5) is 24.6. The van der Waals surface area contributed by atoms with Gasteiger partial charge in [-0.05, 0) is 163 Å². The Bertz CT molecular complexity index is 1040. The second kappa shape index (κ2) is 20.1. The first-order valence-electron chi connectivity index (χ1n) is 20.7. The Kier molecular flexibility index (Phi) is 16.3. The van der Waals surface area contributed by atoms with E-state index in [1.54, 1.807) is 0 Å². The molecular weight excluding hydrogens is 592 g/mol. The number of ether oxygens (including phenoxy) is 2. The summed E-state index contributed by atoms with van der Waals surface area (Å²) in [5.74, 6) is 6.51. The first-order valence-corrected chi connectivity index (χ1v) is 20.7. The maximum absolute atomic E-state index is 12.4. The van der Waals surface area contributed by atoms with Crippen LogP contribution in [0.5, 0.6) is 0 Å². The number of aryl methyl sites for hydroxylation is 1. The lowest BCUT2D eigenvalue weighted by molar-refractivity contribution is -0.157. The number of carbonyl (C=O) groups is 2. The molecule has 5 saturated carbocycles. The van der Waals surface area contributed by atoms with Crippen LogP contribution >= 0.6 is 0 Å². The first kappa shape index (κ1) is 39.0. The van der Waals surface area contributed by atoms with Gasteiger partial charge in [0.15, 0.2) is 0 Å². The SMILES string of the molecule is CC.CC1CCC(C(=O)OC2CCC(C3CCC(C)CC3)CC2)CC1.Cc1ccc(C(=O)OC2CCC(C3CCC(C)CC3)CC2)cc1. The molecule has 0 radical (unpaired) electrons. The fourth-order valence-electron chi connectivity index (χ4n) is 9.54. The van der Waals surface area contributed by atoms with Crippen molar-refractivity contribution in [1.29, 1.82) is 0 Å². The van der Waals surface area contributed by atoms with E-state index in [1.165, 1.54) is 95.5 Å². The minimum absolute atomic E-state index is 0.117. The summed E-state index contributed by atoms with van der Waals surface area (Å²) in [7, 11) is 0. The van der Waals surface area contributed by atoms with Crippen molar-refractivity contribution in [3.63, 3.8) is 0 Å². The summed E-state index contributed by atoms with van der Waals surface area (Å²) in [6.45, 7) is 13.1. The van der Waals surface area contributed by atoms with Crippen molar-refractivity contribution < 1.29 is 19.1 Å². The zero-order valence-corrected chi connectivity index (χ0v) is 31.9. The highest BCUT2D eigenvalue weighted by atomic mass is 16.5. The molecule has 0 atom stereocenters. The normalized spacial score (nSPS) is 35.5. The molecule has 1 aromatic carbocycles. The van der Waals surface area contributed by atoms with E-state index >= 15 is 0 Å². The van der Waals surface area contributed by atoms with E-state index < -0.39 is 0 Å². The molecular formula is C44H72O4. The van der Waals surface area contributed by atoms with Crippen LogP contribution in [0.2, 0.25) is 0 Å². The average Bonchev–Trinajstić information content (AvgIpc) is 3.11. The van der Waals surface area contributed by atoms with Gasteiger partial charge in [0.1, 0.15) is 12.2 Å². The molecule has 5 aliphatic carbocycles. The van der Waals surface area contributed by atoms with E-state index in [2.05, 4.69) is 20.8 Å². The van der Waals surface area contributed by atoms with Gasteiger partial charge in [-0.1, -0.05) is 78.0 Å². The lowest BCUT2D eigenvalue weighted by atomic mass is 9.71. The van der Waals surface area contributed by atoms with Crippen molar-refractivity contribution in [1.82, 2.24) is 0 Å². The quantitative estimate of drug-likeness (QED) is 0.284. The predicted molar refractivity (Wildman–Crippen MR) is 199 cm³/mol. The van der Waals surface area contributed by atoms with Gasteiger partial charge < -0.3 is 9.47 Å². The number of esters is 2. The van der Waals surface area contributed by atoms with Gasteiger partial charge in [0.2, 0.25) is 0 Å². The van der Waals surface area contributed by atoms with Crippen LogP contribution in [0, 0.1) is 54.3 Å². The zero-order valence-electron chi connectivity index (χ0n) is 31.9. The largest absolute Gasteiger partial charge is 0.462 e. The van der Waals surface area contributed by atoms with Gasteiger partial charge in [-0.3, -0.25) is 4.79 Å². The molecule has 0 unspecified atom stereocenters. The first-order chi connectivity index (χ1) is 23.2. The average molecular weight is 665 g/mol. The summed E-state index contributed by atoms with van der Waals surface area (Å²) in [6, 6.07) is 7.67. The van der Waals surface area contributed by atoms with Crippen molar-refractivity contribution in [2.45, 2.75) is 182 Å². The molecule has 272 valence electrons. The van der Waals surface area contributed by atoms with E-state index in [9.17, 15) is 9.59 Å². The number of hydrogen-bond acceptors (Lipinski definition) is 4. The third kappa shape index (κ3) is 12.2. The van der Waals surface area contributed by atoms with Gasteiger partial charge in [-0.2, -0.15) is 0 Å². The topological polar surface area (TPSA) is 52.6 Å². The Hall–Kier alpha value is -1.84. The Morgan fingerprint density at radius 3 is 1.21 bits per heavy atom.